The zero-order valence-corrected chi connectivity index (χ0v) is 24.3. The minimum atomic E-state index is -2.14. The molecule has 2 rings (SSSR count). The second-order valence-corrected chi connectivity index (χ2v) is 10.3. The highest BCUT2D eigenvalue weighted by atomic mass is 35.5. The minimum Gasteiger partial charge on any atom is -0.402 e. The number of nitrogens with one attached hydrogen (secondary N) is 3. The maximum absolute atomic E-state index is 13.3. The number of benzene rings is 2. The quantitative estimate of drug-likeness (QED) is 0.0688. The molecule has 41 heavy (non-hydrogen) atoms. The second-order valence-electron chi connectivity index (χ2n) is 9.49. The Hall–Kier alpha value is -3.40. The summed E-state index contributed by atoms with van der Waals surface area (Å²) in [6.45, 7) is 3.96. The van der Waals surface area contributed by atoms with Crippen LogP contribution in [0, 0.1) is 17.2 Å². The molecule has 218 valence electrons. The van der Waals surface area contributed by atoms with E-state index >= 15 is 0 Å². The van der Waals surface area contributed by atoms with Gasteiger partial charge in [-0.2, -0.15) is 5.26 Å². The average molecular weight is 603 g/mol. The summed E-state index contributed by atoms with van der Waals surface area (Å²) >= 11 is 12.2. The maximum atomic E-state index is 13.3. The molecule has 2 atom stereocenters. The monoisotopic (exact) mass is 602 g/mol. The van der Waals surface area contributed by atoms with Gasteiger partial charge in [-0.15, -0.1) is 0 Å². The van der Waals surface area contributed by atoms with Crippen LogP contribution < -0.4 is 16.0 Å². The van der Waals surface area contributed by atoms with Gasteiger partial charge in [0.05, 0.1) is 10.6 Å². The lowest BCUT2D eigenvalue weighted by Gasteiger charge is -2.24. The Morgan fingerprint density at radius 1 is 1.07 bits per heavy atom. The zero-order valence-electron chi connectivity index (χ0n) is 22.8. The van der Waals surface area contributed by atoms with Crippen LogP contribution in [0.15, 0.2) is 60.2 Å². The summed E-state index contributed by atoms with van der Waals surface area (Å²) in [4.78, 5) is 38.6. The summed E-state index contributed by atoms with van der Waals surface area (Å²) in [5, 5.41) is 36.3. The van der Waals surface area contributed by atoms with Crippen molar-refractivity contribution in [1.82, 2.24) is 16.0 Å². The Bertz CT molecular complexity index is 1250. The van der Waals surface area contributed by atoms with E-state index in [2.05, 4.69) is 16.0 Å². The van der Waals surface area contributed by atoms with Crippen LogP contribution in [0.5, 0.6) is 0 Å². The zero-order chi connectivity index (χ0) is 30.4. The van der Waals surface area contributed by atoms with Gasteiger partial charge >= 0.3 is 7.32 Å². The molecule has 0 aromatic heterocycles. The van der Waals surface area contributed by atoms with Crippen molar-refractivity contribution in [2.75, 3.05) is 6.54 Å². The fourth-order valence-corrected chi connectivity index (χ4v) is 4.19. The predicted molar refractivity (Wildman–Crippen MR) is 156 cm³/mol. The smallest absolute Gasteiger partial charge is 0.402 e. The van der Waals surface area contributed by atoms with Crippen LogP contribution in [0.2, 0.25) is 10.0 Å². The number of allylic oxidation sites excluding steroid dienone is 1. The van der Waals surface area contributed by atoms with Gasteiger partial charge in [-0.1, -0.05) is 73.5 Å². The molecule has 3 amide bonds. The van der Waals surface area contributed by atoms with E-state index in [-0.39, 0.29) is 46.5 Å². The fourth-order valence-electron chi connectivity index (χ4n) is 3.81. The molecule has 2 aromatic rings. The van der Waals surface area contributed by atoms with Gasteiger partial charge in [0.1, 0.15) is 23.9 Å². The van der Waals surface area contributed by atoms with Gasteiger partial charge in [0.25, 0.3) is 11.8 Å². The Labute approximate surface area is 249 Å². The third-order valence-electron chi connectivity index (χ3n) is 5.72. The molecule has 0 aliphatic heterocycles. The lowest BCUT2D eigenvalue weighted by Crippen LogP contribution is -2.52. The Morgan fingerprint density at radius 3 is 2.41 bits per heavy atom. The van der Waals surface area contributed by atoms with Gasteiger partial charge in [0.15, 0.2) is 0 Å². The molecular formula is C28H33BCl2N4O6. The van der Waals surface area contributed by atoms with Crippen molar-refractivity contribution < 1.29 is 29.1 Å². The molecule has 0 heterocycles. The largest absolute Gasteiger partial charge is 0.635 e. The van der Waals surface area contributed by atoms with E-state index in [1.54, 1.807) is 30.3 Å². The average Bonchev–Trinajstić information content (AvgIpc) is 2.91. The van der Waals surface area contributed by atoms with E-state index in [0.717, 1.165) is 5.56 Å². The molecule has 0 aliphatic rings. The molecule has 10 nitrogen and oxygen atoms in total. The number of amides is 3. The van der Waals surface area contributed by atoms with Gasteiger partial charge < -0.3 is 30.7 Å². The number of nitriles is 1. The summed E-state index contributed by atoms with van der Waals surface area (Å²) < 4.78 is 5.08. The molecule has 0 unspecified atom stereocenters. The topological polar surface area (TPSA) is 161 Å². The van der Waals surface area contributed by atoms with Crippen molar-refractivity contribution in [2.24, 2.45) is 5.92 Å². The highest BCUT2D eigenvalue weighted by Crippen LogP contribution is 2.21. The SMILES string of the molecule is CC(C)C=C(C#N)C(=O)NCCCC[C@H](NC(=O)c1cc(Cl)ccc1Cl)C(=O)N[C@@H](Cc1ccccc1)OB(O)O. The first kappa shape index (κ1) is 33.8. The lowest BCUT2D eigenvalue weighted by atomic mass is 10.1. The molecule has 0 saturated carbocycles. The highest BCUT2D eigenvalue weighted by molar-refractivity contribution is 6.35. The molecule has 2 aromatic carbocycles. The summed E-state index contributed by atoms with van der Waals surface area (Å²) in [7, 11) is -2.14. The number of unbranched alkanes of at least 4 members (excludes halogenated alkanes) is 1. The van der Waals surface area contributed by atoms with Crippen molar-refractivity contribution in [2.45, 2.75) is 51.8 Å². The number of carbonyl (C=O) groups is 3. The molecule has 0 bridgehead atoms. The Balaban J connectivity index is 2.11. The van der Waals surface area contributed by atoms with E-state index in [1.807, 2.05) is 26.0 Å². The van der Waals surface area contributed by atoms with E-state index in [4.69, 9.17) is 27.9 Å². The van der Waals surface area contributed by atoms with E-state index in [1.165, 1.54) is 18.2 Å². The molecule has 5 N–H and O–H groups in total. The van der Waals surface area contributed by atoms with Crippen LogP contribution in [-0.2, 0) is 20.7 Å². The van der Waals surface area contributed by atoms with Crippen molar-refractivity contribution in [3.8, 4) is 6.07 Å². The van der Waals surface area contributed by atoms with Gasteiger partial charge in [-0.3, -0.25) is 14.4 Å². The molecular weight excluding hydrogens is 570 g/mol. The second kappa shape index (κ2) is 17.4. The van der Waals surface area contributed by atoms with Crippen LogP contribution in [0.1, 0.15) is 49.0 Å². The first-order chi connectivity index (χ1) is 19.5. The first-order valence-electron chi connectivity index (χ1n) is 13.0. The van der Waals surface area contributed by atoms with E-state index in [0.29, 0.717) is 12.8 Å². The van der Waals surface area contributed by atoms with Gasteiger partial charge in [-0.25, -0.2) is 0 Å². The number of nitrogens with zero attached hydrogens (tertiary/aromatic N) is 1. The van der Waals surface area contributed by atoms with Crippen molar-refractivity contribution in [3.05, 3.63) is 81.4 Å². The third kappa shape index (κ3) is 12.3. The summed E-state index contributed by atoms with van der Waals surface area (Å²) in [5.41, 5.74) is 0.871. The Kier molecular flexibility index (Phi) is 14.4. The number of hydrogen-bond donors (Lipinski definition) is 5. The number of hydrogen-bond acceptors (Lipinski definition) is 7. The summed E-state index contributed by atoms with van der Waals surface area (Å²) in [5.74, 6) is -1.71. The van der Waals surface area contributed by atoms with Crippen molar-refractivity contribution in [1.29, 1.82) is 5.26 Å². The summed E-state index contributed by atoms with van der Waals surface area (Å²) in [6.07, 6.45) is 1.60. The molecule has 0 aliphatic carbocycles. The van der Waals surface area contributed by atoms with Crippen LogP contribution in [0.3, 0.4) is 0 Å². The molecule has 0 radical (unpaired) electrons. The normalized spacial score (nSPS) is 12.7. The number of rotatable bonds is 15. The van der Waals surface area contributed by atoms with E-state index < -0.39 is 37.3 Å². The van der Waals surface area contributed by atoms with Gasteiger partial charge in [-0.05, 0) is 48.9 Å². The standard InChI is InChI=1S/C28H33BCl2N4O6/c1-18(2)14-20(17-32)26(36)33-13-7-6-10-24(34-27(37)22-16-21(30)11-12-23(22)31)28(38)35-25(41-29(39)40)15-19-8-4-3-5-9-19/h3-5,8-9,11-12,14,16,18,24-25,39-40H,6-7,10,13,15H2,1-2H3,(H,33,36)(H,34,37)(H,35,38)/t24-,25+/m0/s1. The van der Waals surface area contributed by atoms with Crippen LogP contribution in [0.25, 0.3) is 0 Å². The summed E-state index contributed by atoms with van der Waals surface area (Å²) in [6, 6.07) is 14.2. The Morgan fingerprint density at radius 2 is 1.78 bits per heavy atom. The molecule has 13 heteroatoms. The minimum absolute atomic E-state index is 0.0263. The van der Waals surface area contributed by atoms with E-state index in [9.17, 15) is 29.7 Å². The van der Waals surface area contributed by atoms with Crippen molar-refractivity contribution >= 4 is 48.2 Å². The van der Waals surface area contributed by atoms with Crippen molar-refractivity contribution in [3.63, 3.8) is 0 Å². The maximum Gasteiger partial charge on any atom is 0.635 e. The lowest BCUT2D eigenvalue weighted by molar-refractivity contribution is -0.126. The van der Waals surface area contributed by atoms with Crippen LogP contribution in [-0.4, -0.2) is 53.9 Å². The van der Waals surface area contributed by atoms with Crippen LogP contribution >= 0.6 is 23.2 Å². The number of carbonyl (C=O) groups excluding carboxylic acids is 3. The first-order valence-corrected chi connectivity index (χ1v) is 13.8. The van der Waals surface area contributed by atoms with Crippen LogP contribution in [0.4, 0.5) is 0 Å². The van der Waals surface area contributed by atoms with Gasteiger partial charge in [0.2, 0.25) is 5.91 Å². The fraction of sp³-hybridized carbons (Fsp3) is 0.357. The predicted octanol–water partition coefficient (Wildman–Crippen LogP) is 3.16. The molecule has 0 spiro atoms. The number of halogens is 2. The highest BCUT2D eigenvalue weighted by Gasteiger charge is 2.27. The van der Waals surface area contributed by atoms with Gasteiger partial charge in [0, 0.05) is 18.0 Å². The molecule has 0 saturated heterocycles. The third-order valence-corrected chi connectivity index (χ3v) is 6.28. The molecule has 0 fully saturated rings.